The van der Waals surface area contributed by atoms with Crippen LogP contribution in [0, 0.1) is 0 Å². The zero-order valence-electron chi connectivity index (χ0n) is 27.9. The third-order valence-corrected chi connectivity index (χ3v) is 10.3. The molecule has 2 heteroatoms. The van der Waals surface area contributed by atoms with Crippen molar-refractivity contribution in [1.82, 2.24) is 0 Å². The van der Waals surface area contributed by atoms with E-state index in [1.54, 1.807) is 0 Å². The van der Waals surface area contributed by atoms with E-state index in [2.05, 4.69) is 181 Å². The van der Waals surface area contributed by atoms with E-state index in [0.717, 1.165) is 50.9 Å². The molecule has 0 fully saturated rings. The Labute approximate surface area is 297 Å². The molecule has 0 unspecified atom stereocenters. The number of para-hydroxylation sites is 2. The van der Waals surface area contributed by atoms with Gasteiger partial charge in [-0.25, -0.2) is 0 Å². The van der Waals surface area contributed by atoms with E-state index < -0.39 is 0 Å². The first kappa shape index (κ1) is 29.3. The molecule has 1 aromatic heterocycles. The highest BCUT2D eigenvalue weighted by molar-refractivity contribution is 6.15. The molecule has 0 amide bonds. The van der Waals surface area contributed by atoms with E-state index >= 15 is 0 Å². The second-order valence-electron chi connectivity index (χ2n) is 13.2. The Morgan fingerprint density at radius 3 is 1.65 bits per heavy atom. The maximum atomic E-state index is 6.35. The minimum absolute atomic E-state index is 0.840. The van der Waals surface area contributed by atoms with Crippen molar-refractivity contribution in [3.05, 3.63) is 193 Å². The van der Waals surface area contributed by atoms with E-state index in [-0.39, 0.29) is 0 Å². The first-order chi connectivity index (χ1) is 25.3. The number of benzene rings is 8. The van der Waals surface area contributed by atoms with Crippen LogP contribution in [0.4, 0.5) is 11.4 Å². The van der Waals surface area contributed by atoms with Crippen molar-refractivity contribution in [3.8, 4) is 55.6 Å². The maximum Gasteiger partial charge on any atom is 0.136 e. The highest BCUT2D eigenvalue weighted by Gasteiger charge is 2.32. The number of anilines is 2. The molecule has 0 saturated heterocycles. The van der Waals surface area contributed by atoms with Crippen molar-refractivity contribution < 1.29 is 4.42 Å². The summed E-state index contributed by atoms with van der Waals surface area (Å²) in [5, 5.41) is 6.39. The number of nitrogens with one attached hydrogen (secondary N) is 1. The zero-order chi connectivity index (χ0) is 33.7. The summed E-state index contributed by atoms with van der Waals surface area (Å²) in [5.74, 6) is 0. The standard InChI is InChI=1S/C49H33NO/c1-4-17-32(18-5-1)44-45(33-19-6-2-7-20-33)48-36-24-11-10-23-35(36)31-40(48)49(46(44)34-21-8-3-9-22-34)50-41-28-14-12-25-37(41)38-27-16-30-43-47(38)39-26-13-15-29-42(39)51-43/h1-30,50H,31H2. The van der Waals surface area contributed by atoms with Crippen LogP contribution in [0.3, 0.4) is 0 Å². The second-order valence-corrected chi connectivity index (χ2v) is 13.2. The molecule has 51 heavy (non-hydrogen) atoms. The fourth-order valence-electron chi connectivity index (χ4n) is 8.16. The van der Waals surface area contributed by atoms with E-state index in [9.17, 15) is 0 Å². The maximum absolute atomic E-state index is 6.35. The van der Waals surface area contributed by atoms with Crippen molar-refractivity contribution in [3.63, 3.8) is 0 Å². The predicted molar refractivity (Wildman–Crippen MR) is 213 cm³/mol. The van der Waals surface area contributed by atoms with Gasteiger partial charge in [0.05, 0.1) is 5.69 Å². The molecule has 0 radical (unpaired) electrons. The molecule has 0 spiro atoms. The van der Waals surface area contributed by atoms with Gasteiger partial charge in [0.15, 0.2) is 0 Å². The molecule has 0 atom stereocenters. The second kappa shape index (κ2) is 12.0. The summed E-state index contributed by atoms with van der Waals surface area (Å²) >= 11 is 0. The van der Waals surface area contributed by atoms with Gasteiger partial charge in [-0.3, -0.25) is 0 Å². The van der Waals surface area contributed by atoms with Crippen molar-refractivity contribution >= 4 is 33.3 Å². The number of hydrogen-bond acceptors (Lipinski definition) is 2. The number of furan rings is 1. The van der Waals surface area contributed by atoms with Gasteiger partial charge in [-0.05, 0) is 68.3 Å². The third-order valence-electron chi connectivity index (χ3n) is 10.3. The fourth-order valence-corrected chi connectivity index (χ4v) is 8.16. The van der Waals surface area contributed by atoms with Crippen molar-refractivity contribution in [2.45, 2.75) is 6.42 Å². The van der Waals surface area contributed by atoms with Gasteiger partial charge in [-0.1, -0.05) is 164 Å². The lowest BCUT2D eigenvalue weighted by molar-refractivity contribution is 0.669. The number of fused-ring (bicyclic) bond motifs is 6. The quantitative estimate of drug-likeness (QED) is 0.194. The Morgan fingerprint density at radius 2 is 0.922 bits per heavy atom. The molecule has 0 aliphatic heterocycles. The largest absolute Gasteiger partial charge is 0.456 e. The summed E-state index contributed by atoms with van der Waals surface area (Å²) < 4.78 is 6.35. The molecule has 9 aromatic rings. The Bertz CT molecular complexity index is 2730. The SMILES string of the molecule is c1ccc(-c2c(Nc3ccccc3-c3cccc4oc5ccccc5c34)c3c(c(-c4ccccc4)c2-c2ccccc2)-c2ccccc2C3)cc1. The van der Waals surface area contributed by atoms with E-state index in [0.29, 0.717) is 0 Å². The Morgan fingerprint density at radius 1 is 0.392 bits per heavy atom. The molecule has 240 valence electrons. The van der Waals surface area contributed by atoms with Gasteiger partial charge in [0.25, 0.3) is 0 Å². The summed E-state index contributed by atoms with van der Waals surface area (Å²) in [4.78, 5) is 0. The molecule has 10 rings (SSSR count). The smallest absolute Gasteiger partial charge is 0.136 e. The van der Waals surface area contributed by atoms with Crippen LogP contribution in [0.15, 0.2) is 186 Å². The van der Waals surface area contributed by atoms with Crippen LogP contribution in [0.5, 0.6) is 0 Å². The van der Waals surface area contributed by atoms with Gasteiger partial charge in [0.1, 0.15) is 11.2 Å². The number of rotatable bonds is 6. The Balaban J connectivity index is 1.31. The summed E-state index contributed by atoms with van der Waals surface area (Å²) in [6.07, 6.45) is 0.840. The zero-order valence-corrected chi connectivity index (χ0v) is 27.9. The van der Waals surface area contributed by atoms with Gasteiger partial charge >= 0.3 is 0 Å². The van der Waals surface area contributed by atoms with Crippen LogP contribution < -0.4 is 5.32 Å². The molecule has 1 N–H and O–H groups in total. The van der Waals surface area contributed by atoms with Crippen LogP contribution >= 0.6 is 0 Å². The molecule has 2 nitrogen and oxygen atoms in total. The summed E-state index contributed by atoms with van der Waals surface area (Å²) in [7, 11) is 0. The highest BCUT2D eigenvalue weighted by Crippen LogP contribution is 2.56. The van der Waals surface area contributed by atoms with Gasteiger partial charge in [-0.15, -0.1) is 0 Å². The monoisotopic (exact) mass is 651 g/mol. The van der Waals surface area contributed by atoms with Crippen molar-refractivity contribution in [2.75, 3.05) is 5.32 Å². The van der Waals surface area contributed by atoms with E-state index in [4.69, 9.17) is 4.42 Å². The molecule has 1 heterocycles. The summed E-state index contributed by atoms with van der Waals surface area (Å²) in [6.45, 7) is 0. The van der Waals surface area contributed by atoms with Gasteiger partial charge in [0, 0.05) is 39.6 Å². The van der Waals surface area contributed by atoms with Crippen LogP contribution in [-0.4, -0.2) is 0 Å². The lowest BCUT2D eigenvalue weighted by atomic mass is 9.80. The highest BCUT2D eigenvalue weighted by atomic mass is 16.3. The summed E-state index contributed by atoms with van der Waals surface area (Å²) in [6, 6.07) is 65.1. The normalized spacial score (nSPS) is 11.8. The Hall–Kier alpha value is -6.64. The molecule has 1 aliphatic rings. The molecule has 0 bridgehead atoms. The molecular formula is C49H33NO. The van der Waals surface area contributed by atoms with Gasteiger partial charge in [-0.2, -0.15) is 0 Å². The molecule has 1 aliphatic carbocycles. The average molecular weight is 652 g/mol. The van der Waals surface area contributed by atoms with E-state index in [1.165, 1.54) is 55.6 Å². The Kier molecular flexibility index (Phi) is 6.92. The topological polar surface area (TPSA) is 25.2 Å². The van der Waals surface area contributed by atoms with E-state index in [1.807, 2.05) is 6.07 Å². The van der Waals surface area contributed by atoms with Crippen molar-refractivity contribution in [2.24, 2.45) is 0 Å². The van der Waals surface area contributed by atoms with Crippen LogP contribution in [0.1, 0.15) is 11.1 Å². The molecule has 8 aromatic carbocycles. The minimum atomic E-state index is 0.840. The third kappa shape index (κ3) is 4.80. The number of hydrogen-bond donors (Lipinski definition) is 1. The van der Waals surface area contributed by atoms with Crippen LogP contribution in [-0.2, 0) is 6.42 Å². The minimum Gasteiger partial charge on any atom is -0.456 e. The van der Waals surface area contributed by atoms with Gasteiger partial charge in [0.2, 0.25) is 0 Å². The average Bonchev–Trinajstić information content (AvgIpc) is 3.78. The van der Waals surface area contributed by atoms with Crippen LogP contribution in [0.2, 0.25) is 0 Å². The lowest BCUT2D eigenvalue weighted by Gasteiger charge is -2.27. The fraction of sp³-hybridized carbons (Fsp3) is 0.0204. The predicted octanol–water partition coefficient (Wildman–Crippen LogP) is 13.6. The first-order valence-corrected chi connectivity index (χ1v) is 17.6. The first-order valence-electron chi connectivity index (χ1n) is 17.6. The van der Waals surface area contributed by atoms with Crippen LogP contribution in [0.25, 0.3) is 77.6 Å². The summed E-state index contributed by atoms with van der Waals surface area (Å²) in [5.41, 5.74) is 18.8. The van der Waals surface area contributed by atoms with Crippen molar-refractivity contribution in [1.29, 1.82) is 0 Å². The lowest BCUT2D eigenvalue weighted by Crippen LogP contribution is -2.04. The molecule has 0 saturated carbocycles. The van der Waals surface area contributed by atoms with Gasteiger partial charge < -0.3 is 9.73 Å². The molecular weight excluding hydrogens is 619 g/mol.